The maximum atomic E-state index is 11.4. The first kappa shape index (κ1) is 12.2. The van der Waals surface area contributed by atoms with Crippen LogP contribution < -0.4 is 10.6 Å². The Labute approximate surface area is 102 Å². The van der Waals surface area contributed by atoms with Gasteiger partial charge in [0, 0.05) is 31.5 Å². The van der Waals surface area contributed by atoms with E-state index < -0.39 is 0 Å². The first-order valence-corrected chi connectivity index (χ1v) is 6.29. The Morgan fingerprint density at radius 3 is 3.00 bits per heavy atom. The molecule has 0 saturated heterocycles. The number of carbonyl (C=O) groups is 1. The van der Waals surface area contributed by atoms with Gasteiger partial charge in [-0.2, -0.15) is 0 Å². The molecular weight excluding hydrogens is 216 g/mol. The summed E-state index contributed by atoms with van der Waals surface area (Å²) in [6.07, 6.45) is 4.70. The van der Waals surface area contributed by atoms with Crippen LogP contribution in [0.1, 0.15) is 25.5 Å². The van der Waals surface area contributed by atoms with E-state index in [-0.39, 0.29) is 5.91 Å². The minimum atomic E-state index is 0.213. The summed E-state index contributed by atoms with van der Waals surface area (Å²) in [7, 11) is 0. The van der Waals surface area contributed by atoms with E-state index >= 15 is 0 Å². The number of hydrogen-bond acceptors (Lipinski definition) is 3. The number of carbonyl (C=O) groups excluding carboxylic acids is 1. The maximum Gasteiger partial charge on any atom is 0.223 e. The molecular formula is C13H20N2O2. The van der Waals surface area contributed by atoms with E-state index in [1.54, 1.807) is 6.26 Å². The molecule has 1 unspecified atom stereocenters. The first-order chi connectivity index (χ1) is 8.25. The van der Waals surface area contributed by atoms with Crippen molar-refractivity contribution >= 4 is 5.91 Å². The molecule has 1 saturated carbocycles. The van der Waals surface area contributed by atoms with E-state index in [0.717, 1.165) is 31.6 Å². The lowest BCUT2D eigenvalue weighted by atomic mass is 10.2. The molecule has 17 heavy (non-hydrogen) atoms. The zero-order valence-corrected chi connectivity index (χ0v) is 10.2. The van der Waals surface area contributed by atoms with Gasteiger partial charge in [-0.05, 0) is 31.9 Å². The monoisotopic (exact) mass is 236 g/mol. The fraction of sp³-hybridized carbons (Fsp3) is 0.615. The lowest BCUT2D eigenvalue weighted by Crippen LogP contribution is -2.37. The third kappa shape index (κ3) is 4.23. The van der Waals surface area contributed by atoms with Gasteiger partial charge >= 0.3 is 0 Å². The van der Waals surface area contributed by atoms with Gasteiger partial charge in [0.15, 0.2) is 0 Å². The van der Waals surface area contributed by atoms with Gasteiger partial charge in [0.25, 0.3) is 0 Å². The maximum absolute atomic E-state index is 11.4. The third-order valence-corrected chi connectivity index (χ3v) is 2.95. The highest BCUT2D eigenvalue weighted by Gasteiger charge is 2.28. The molecule has 1 aromatic rings. The second kappa shape index (κ2) is 5.87. The lowest BCUT2D eigenvalue weighted by Gasteiger charge is -2.12. The summed E-state index contributed by atoms with van der Waals surface area (Å²) >= 11 is 0. The van der Waals surface area contributed by atoms with Crippen molar-refractivity contribution in [3.8, 4) is 0 Å². The first-order valence-electron chi connectivity index (χ1n) is 6.29. The Morgan fingerprint density at radius 2 is 2.35 bits per heavy atom. The minimum Gasteiger partial charge on any atom is -0.469 e. The second-order valence-corrected chi connectivity index (χ2v) is 4.70. The predicted octanol–water partition coefficient (Wildman–Crippen LogP) is 1.33. The SMILES string of the molecule is CC(Cc1ccco1)NCCNC(=O)C1CC1. The molecule has 1 aliphatic carbocycles. The zero-order chi connectivity index (χ0) is 12.1. The highest BCUT2D eigenvalue weighted by Crippen LogP contribution is 2.28. The van der Waals surface area contributed by atoms with Gasteiger partial charge in [0.2, 0.25) is 5.91 Å². The van der Waals surface area contributed by atoms with Crippen LogP contribution in [0.2, 0.25) is 0 Å². The molecule has 1 heterocycles. The van der Waals surface area contributed by atoms with E-state index in [2.05, 4.69) is 17.6 Å². The molecule has 0 radical (unpaired) electrons. The van der Waals surface area contributed by atoms with Crippen LogP contribution in [0.3, 0.4) is 0 Å². The summed E-state index contributed by atoms with van der Waals surface area (Å²) in [6, 6.07) is 4.24. The molecule has 0 aromatic carbocycles. The molecule has 1 amide bonds. The molecule has 0 bridgehead atoms. The summed E-state index contributed by atoms with van der Waals surface area (Å²) in [6.45, 7) is 3.63. The van der Waals surface area contributed by atoms with Crippen molar-refractivity contribution in [2.75, 3.05) is 13.1 Å². The Kier molecular flexibility index (Phi) is 4.20. The lowest BCUT2D eigenvalue weighted by molar-refractivity contribution is -0.122. The average molecular weight is 236 g/mol. The van der Waals surface area contributed by atoms with Crippen molar-refractivity contribution < 1.29 is 9.21 Å². The highest BCUT2D eigenvalue weighted by molar-refractivity contribution is 5.80. The Balaban J connectivity index is 1.53. The van der Waals surface area contributed by atoms with Crippen LogP contribution in [-0.2, 0) is 11.2 Å². The molecule has 1 aromatic heterocycles. The average Bonchev–Trinajstić information content (AvgIpc) is 3.04. The van der Waals surface area contributed by atoms with E-state index in [1.807, 2.05) is 12.1 Å². The van der Waals surface area contributed by atoms with E-state index in [1.165, 1.54) is 0 Å². The molecule has 1 fully saturated rings. The van der Waals surface area contributed by atoms with Crippen molar-refractivity contribution in [3.05, 3.63) is 24.2 Å². The van der Waals surface area contributed by atoms with E-state index in [9.17, 15) is 4.79 Å². The molecule has 0 aliphatic heterocycles. The molecule has 1 atom stereocenters. The van der Waals surface area contributed by atoms with E-state index in [4.69, 9.17) is 4.42 Å². The molecule has 0 spiro atoms. The summed E-state index contributed by atoms with van der Waals surface area (Å²) in [4.78, 5) is 11.4. The van der Waals surface area contributed by atoms with Crippen LogP contribution >= 0.6 is 0 Å². The van der Waals surface area contributed by atoms with Crippen LogP contribution in [-0.4, -0.2) is 25.0 Å². The fourth-order valence-corrected chi connectivity index (χ4v) is 1.80. The van der Waals surface area contributed by atoms with Crippen LogP contribution in [0.25, 0.3) is 0 Å². The van der Waals surface area contributed by atoms with Crippen LogP contribution in [0.15, 0.2) is 22.8 Å². The van der Waals surface area contributed by atoms with Gasteiger partial charge in [-0.3, -0.25) is 4.79 Å². The van der Waals surface area contributed by atoms with Crippen molar-refractivity contribution in [2.45, 2.75) is 32.2 Å². The van der Waals surface area contributed by atoms with Crippen LogP contribution in [0, 0.1) is 5.92 Å². The van der Waals surface area contributed by atoms with Crippen LogP contribution in [0.5, 0.6) is 0 Å². The largest absolute Gasteiger partial charge is 0.469 e. The molecule has 4 heteroatoms. The number of rotatable bonds is 7. The number of nitrogens with one attached hydrogen (secondary N) is 2. The third-order valence-electron chi connectivity index (χ3n) is 2.95. The van der Waals surface area contributed by atoms with Gasteiger partial charge in [-0.1, -0.05) is 0 Å². The standard InChI is InChI=1S/C13H20N2O2/c1-10(9-12-3-2-8-17-12)14-6-7-15-13(16)11-4-5-11/h2-3,8,10-11,14H,4-7,9H2,1H3,(H,15,16). The molecule has 1 aliphatic rings. The highest BCUT2D eigenvalue weighted by atomic mass is 16.3. The Morgan fingerprint density at radius 1 is 1.53 bits per heavy atom. The molecule has 2 N–H and O–H groups in total. The molecule has 4 nitrogen and oxygen atoms in total. The van der Waals surface area contributed by atoms with Gasteiger partial charge in [-0.25, -0.2) is 0 Å². The smallest absolute Gasteiger partial charge is 0.223 e. The van der Waals surface area contributed by atoms with Crippen molar-refractivity contribution in [1.29, 1.82) is 0 Å². The summed E-state index contributed by atoms with van der Waals surface area (Å²) in [5.74, 6) is 1.51. The Bertz CT molecular complexity index is 344. The zero-order valence-electron chi connectivity index (χ0n) is 10.2. The summed E-state index contributed by atoms with van der Waals surface area (Å²) in [5.41, 5.74) is 0. The van der Waals surface area contributed by atoms with Crippen LogP contribution in [0.4, 0.5) is 0 Å². The van der Waals surface area contributed by atoms with Gasteiger partial charge in [-0.15, -0.1) is 0 Å². The van der Waals surface area contributed by atoms with Gasteiger partial charge < -0.3 is 15.1 Å². The summed E-state index contributed by atoms with van der Waals surface area (Å²) in [5, 5.41) is 6.29. The summed E-state index contributed by atoms with van der Waals surface area (Å²) < 4.78 is 5.28. The van der Waals surface area contributed by atoms with Crippen molar-refractivity contribution in [2.24, 2.45) is 5.92 Å². The number of hydrogen-bond donors (Lipinski definition) is 2. The number of amides is 1. The van der Waals surface area contributed by atoms with E-state index in [0.29, 0.717) is 18.5 Å². The topological polar surface area (TPSA) is 54.3 Å². The number of furan rings is 1. The molecule has 94 valence electrons. The van der Waals surface area contributed by atoms with Gasteiger partial charge in [0.1, 0.15) is 5.76 Å². The predicted molar refractivity (Wildman–Crippen MR) is 65.6 cm³/mol. The van der Waals surface area contributed by atoms with Crippen molar-refractivity contribution in [1.82, 2.24) is 10.6 Å². The molecule has 2 rings (SSSR count). The van der Waals surface area contributed by atoms with Gasteiger partial charge in [0.05, 0.1) is 6.26 Å². The normalized spacial score (nSPS) is 16.8. The Hall–Kier alpha value is -1.29. The van der Waals surface area contributed by atoms with Crippen molar-refractivity contribution in [3.63, 3.8) is 0 Å². The fourth-order valence-electron chi connectivity index (χ4n) is 1.80. The quantitative estimate of drug-likeness (QED) is 0.702. The minimum absolute atomic E-state index is 0.213. The second-order valence-electron chi connectivity index (χ2n) is 4.70.